The quantitative estimate of drug-likeness (QED) is 0.859. The predicted molar refractivity (Wildman–Crippen MR) is 78.5 cm³/mol. The first-order valence-electron chi connectivity index (χ1n) is 6.97. The van der Waals surface area contributed by atoms with Crippen LogP contribution < -0.4 is 10.6 Å². The Morgan fingerprint density at radius 3 is 2.50 bits per heavy atom. The Morgan fingerprint density at radius 2 is 1.95 bits per heavy atom. The largest absolute Gasteiger partial charge is 0.416 e. The average molecular weight is 334 g/mol. The van der Waals surface area contributed by atoms with Gasteiger partial charge in [-0.2, -0.15) is 13.2 Å². The molecule has 3 N–H and O–H groups in total. The number of urea groups is 1. The maximum Gasteiger partial charge on any atom is 0.416 e. The lowest BCUT2D eigenvalue weighted by Crippen LogP contribution is -3.16. The second-order valence-corrected chi connectivity index (χ2v) is 5.81. The summed E-state index contributed by atoms with van der Waals surface area (Å²) in [6, 6.07) is 2.91. The molecule has 1 saturated heterocycles. The monoisotopic (exact) mass is 333 g/mol. The first-order chi connectivity index (χ1) is 10.3. The topological polar surface area (TPSA) is 47.5 Å². The van der Waals surface area contributed by atoms with Crippen LogP contribution in [0.25, 0.3) is 6.08 Å². The summed E-state index contributed by atoms with van der Waals surface area (Å²) in [5, 5.41) is 0.282. The fourth-order valence-corrected chi connectivity index (χ4v) is 2.70. The summed E-state index contributed by atoms with van der Waals surface area (Å²) < 4.78 is 38.1. The Kier molecular flexibility index (Phi) is 5.13. The molecule has 22 heavy (non-hydrogen) atoms. The molecule has 0 aromatic heterocycles. The third-order valence-corrected chi connectivity index (χ3v) is 4.20. The van der Waals surface area contributed by atoms with Crippen molar-refractivity contribution in [1.29, 1.82) is 0 Å². The van der Waals surface area contributed by atoms with Crippen molar-refractivity contribution in [2.24, 2.45) is 11.7 Å². The number of rotatable bonds is 2. The van der Waals surface area contributed by atoms with Gasteiger partial charge in [-0.3, -0.25) is 4.90 Å². The zero-order valence-electron chi connectivity index (χ0n) is 11.8. The summed E-state index contributed by atoms with van der Waals surface area (Å²) in [4.78, 5) is 11.8. The van der Waals surface area contributed by atoms with E-state index in [4.69, 9.17) is 17.3 Å². The van der Waals surface area contributed by atoms with Crippen LogP contribution in [0.3, 0.4) is 0 Å². The molecule has 0 bridgehead atoms. The highest BCUT2D eigenvalue weighted by molar-refractivity contribution is 6.32. The van der Waals surface area contributed by atoms with Gasteiger partial charge in [0.2, 0.25) is 0 Å². The minimum atomic E-state index is -4.39. The van der Waals surface area contributed by atoms with Crippen LogP contribution in [0.5, 0.6) is 0 Å². The average Bonchev–Trinajstić information content (AvgIpc) is 2.45. The van der Waals surface area contributed by atoms with Crippen molar-refractivity contribution in [2.75, 3.05) is 13.1 Å². The van der Waals surface area contributed by atoms with Gasteiger partial charge in [-0.05, 0) is 29.7 Å². The van der Waals surface area contributed by atoms with E-state index in [9.17, 15) is 18.0 Å². The van der Waals surface area contributed by atoms with E-state index < -0.39 is 11.7 Å². The molecule has 1 aliphatic rings. The second-order valence-electron chi connectivity index (χ2n) is 5.40. The standard InChI is InChI=1S/C15H16ClF3N2O/c16-13-4-3-12(15(17,18)19)9-11(13)2-1-10-5-7-21(8-6-10)14(20)22/h1-4,9-10H,5-8H2,(H2,20,22)/p+1. The molecule has 120 valence electrons. The molecule has 2 rings (SSSR count). The molecule has 7 heteroatoms. The van der Waals surface area contributed by atoms with Gasteiger partial charge in [0, 0.05) is 17.9 Å². The van der Waals surface area contributed by atoms with Gasteiger partial charge < -0.3 is 5.73 Å². The summed E-state index contributed by atoms with van der Waals surface area (Å²) in [5.41, 5.74) is 4.87. The van der Waals surface area contributed by atoms with Gasteiger partial charge in [-0.25, -0.2) is 4.79 Å². The van der Waals surface area contributed by atoms with E-state index in [1.54, 1.807) is 6.08 Å². The van der Waals surface area contributed by atoms with Gasteiger partial charge in [-0.1, -0.05) is 23.8 Å². The molecule has 1 aromatic carbocycles. The number of quaternary nitrogens is 1. The molecule has 1 aromatic rings. The van der Waals surface area contributed by atoms with Gasteiger partial charge in [0.05, 0.1) is 18.7 Å². The Morgan fingerprint density at radius 1 is 1.32 bits per heavy atom. The number of nitrogens with two attached hydrogens (primary N) is 1. The van der Waals surface area contributed by atoms with E-state index in [0.717, 1.165) is 29.9 Å². The van der Waals surface area contributed by atoms with Crippen LogP contribution in [0.15, 0.2) is 24.3 Å². The van der Waals surface area contributed by atoms with Gasteiger partial charge in [0.15, 0.2) is 0 Å². The van der Waals surface area contributed by atoms with Gasteiger partial charge >= 0.3 is 12.2 Å². The van der Waals surface area contributed by atoms with Crippen molar-refractivity contribution in [3.05, 3.63) is 40.4 Å². The summed E-state index contributed by atoms with van der Waals surface area (Å²) >= 11 is 5.94. The first-order valence-corrected chi connectivity index (χ1v) is 7.34. The van der Waals surface area contributed by atoms with Crippen molar-refractivity contribution in [1.82, 2.24) is 0 Å². The zero-order chi connectivity index (χ0) is 16.3. The molecule has 0 atom stereocenters. The normalized spacial score (nSPS) is 22.9. The number of hydrogen-bond donors (Lipinski definition) is 2. The molecular formula is C15H17ClF3N2O+. The number of likely N-dealkylation sites (tertiary alicyclic amines) is 1. The third-order valence-electron chi connectivity index (χ3n) is 3.85. The summed E-state index contributed by atoms with van der Waals surface area (Å²) in [6.45, 7) is 1.28. The van der Waals surface area contributed by atoms with Crippen molar-refractivity contribution >= 4 is 23.7 Å². The molecule has 1 heterocycles. The zero-order valence-corrected chi connectivity index (χ0v) is 12.5. The van der Waals surface area contributed by atoms with Gasteiger partial charge in [0.1, 0.15) is 0 Å². The first kappa shape index (κ1) is 16.8. The maximum absolute atomic E-state index is 12.7. The fourth-order valence-electron chi connectivity index (χ4n) is 2.51. The van der Waals surface area contributed by atoms with Gasteiger partial charge in [0.25, 0.3) is 0 Å². The van der Waals surface area contributed by atoms with Crippen LogP contribution in [-0.4, -0.2) is 19.1 Å². The SMILES string of the molecule is NC(=O)[NH+]1CCC(C=Cc2cc(C(F)(F)F)ccc2Cl)CC1. The predicted octanol–water partition coefficient (Wildman–Crippen LogP) is 2.75. The van der Waals surface area contributed by atoms with Crippen LogP contribution in [-0.2, 0) is 6.18 Å². The number of allylic oxidation sites excluding steroid dienone is 1. The van der Waals surface area contributed by atoms with Gasteiger partial charge in [-0.15, -0.1) is 0 Å². The number of benzene rings is 1. The lowest BCUT2D eigenvalue weighted by atomic mass is 9.95. The van der Waals surface area contributed by atoms with Crippen LogP contribution in [0.4, 0.5) is 18.0 Å². The number of piperidine rings is 1. The lowest BCUT2D eigenvalue weighted by molar-refractivity contribution is -0.821. The van der Waals surface area contributed by atoms with Crippen molar-refractivity contribution in [2.45, 2.75) is 19.0 Å². The van der Waals surface area contributed by atoms with Crippen LogP contribution in [0.1, 0.15) is 24.0 Å². The Labute approximate surface area is 131 Å². The number of alkyl halides is 3. The van der Waals surface area contributed by atoms with E-state index in [1.807, 2.05) is 6.08 Å². The van der Waals surface area contributed by atoms with E-state index >= 15 is 0 Å². The third kappa shape index (κ3) is 4.24. The molecule has 1 aliphatic heterocycles. The highest BCUT2D eigenvalue weighted by Gasteiger charge is 2.30. The summed E-state index contributed by atoms with van der Waals surface area (Å²) in [6.07, 6.45) is 0.636. The highest BCUT2D eigenvalue weighted by Crippen LogP contribution is 2.32. The smallest absolute Gasteiger partial charge is 0.319 e. The van der Waals surface area contributed by atoms with E-state index in [-0.39, 0.29) is 17.0 Å². The number of nitrogens with one attached hydrogen (secondary N) is 1. The molecule has 0 aliphatic carbocycles. The van der Waals surface area contributed by atoms with Crippen molar-refractivity contribution in [3.63, 3.8) is 0 Å². The molecule has 0 radical (unpaired) electrons. The van der Waals surface area contributed by atoms with Crippen molar-refractivity contribution < 1.29 is 22.9 Å². The number of primary amides is 1. The number of amides is 2. The molecule has 0 unspecified atom stereocenters. The molecule has 2 amide bonds. The number of carbonyl (C=O) groups is 1. The Balaban J connectivity index is 2.06. The molecule has 3 nitrogen and oxygen atoms in total. The van der Waals surface area contributed by atoms with E-state index in [0.29, 0.717) is 18.7 Å². The van der Waals surface area contributed by atoms with Crippen LogP contribution >= 0.6 is 11.6 Å². The second kappa shape index (κ2) is 6.71. The number of carbonyl (C=O) groups excluding carboxylic acids is 1. The molecule has 0 saturated carbocycles. The molecule has 0 spiro atoms. The summed E-state index contributed by atoms with van der Waals surface area (Å²) in [7, 11) is 0. The van der Waals surface area contributed by atoms with Crippen LogP contribution in [0, 0.1) is 5.92 Å². The van der Waals surface area contributed by atoms with E-state index in [1.165, 1.54) is 6.07 Å². The Bertz CT molecular complexity index is 579. The van der Waals surface area contributed by atoms with Crippen molar-refractivity contribution in [3.8, 4) is 0 Å². The lowest BCUT2D eigenvalue weighted by Gasteiger charge is -2.24. The minimum Gasteiger partial charge on any atom is -0.319 e. The van der Waals surface area contributed by atoms with Crippen LogP contribution in [0.2, 0.25) is 5.02 Å². The fraction of sp³-hybridized carbons (Fsp3) is 0.400. The molecule has 1 fully saturated rings. The summed E-state index contributed by atoms with van der Waals surface area (Å²) in [5.74, 6) is 0.216. The minimum absolute atomic E-state index is 0.216. The highest BCUT2D eigenvalue weighted by atomic mass is 35.5. The number of hydrogen-bond acceptors (Lipinski definition) is 1. The Hall–Kier alpha value is -1.53. The van der Waals surface area contributed by atoms with E-state index in [2.05, 4.69) is 0 Å². The molecular weight excluding hydrogens is 317 g/mol. The number of halogens is 4. The maximum atomic E-state index is 12.7.